The Morgan fingerprint density at radius 3 is 1.07 bits per heavy atom. The molecule has 4 rings (SSSR count). The van der Waals surface area contributed by atoms with Gasteiger partial charge >= 0.3 is 0 Å². The molecule has 0 heterocycles. The van der Waals surface area contributed by atoms with E-state index in [4.69, 9.17) is 33.2 Å². The van der Waals surface area contributed by atoms with Gasteiger partial charge in [-0.05, 0) is 84.9 Å². The van der Waals surface area contributed by atoms with Gasteiger partial charge in [-0.15, -0.1) is 0 Å². The predicted octanol–water partition coefficient (Wildman–Crippen LogP) is 8.30. The molecular formula is C32H32Br2O7. The molecule has 0 saturated carbocycles. The number of benzene rings is 4. The molecule has 216 valence electrons. The molecular weight excluding hydrogens is 656 g/mol. The zero-order valence-electron chi connectivity index (χ0n) is 22.5. The average molecular weight is 688 g/mol. The first-order valence-corrected chi connectivity index (χ1v) is 14.8. The molecule has 9 heteroatoms. The Balaban J connectivity index is 0.948. The van der Waals surface area contributed by atoms with Crippen LogP contribution < -0.4 is 18.9 Å². The smallest absolute Gasteiger partial charge is 0.128 e. The maximum Gasteiger partial charge on any atom is 0.128 e. The molecule has 0 saturated heterocycles. The van der Waals surface area contributed by atoms with Crippen LogP contribution >= 0.6 is 31.9 Å². The summed E-state index contributed by atoms with van der Waals surface area (Å²) in [7, 11) is 0. The number of halogens is 2. The first kappa shape index (κ1) is 30.9. The van der Waals surface area contributed by atoms with Gasteiger partial charge in [-0.25, -0.2) is 0 Å². The monoisotopic (exact) mass is 686 g/mol. The second-order valence-corrected chi connectivity index (χ2v) is 10.4. The van der Waals surface area contributed by atoms with E-state index in [0.29, 0.717) is 52.9 Å². The minimum Gasteiger partial charge on any atom is -0.491 e. The van der Waals surface area contributed by atoms with E-state index in [1.54, 1.807) is 0 Å². The fourth-order valence-electron chi connectivity index (χ4n) is 3.52. The number of rotatable bonds is 18. The van der Waals surface area contributed by atoms with Gasteiger partial charge in [-0.1, -0.05) is 44.0 Å². The van der Waals surface area contributed by atoms with Gasteiger partial charge in [0.1, 0.15) is 47.7 Å². The molecule has 0 spiro atoms. The van der Waals surface area contributed by atoms with Crippen LogP contribution in [0.1, 0.15) is 0 Å². The van der Waals surface area contributed by atoms with E-state index in [9.17, 15) is 0 Å². The Bertz CT molecular complexity index is 1200. The molecule has 4 aromatic carbocycles. The van der Waals surface area contributed by atoms with Gasteiger partial charge in [0.25, 0.3) is 0 Å². The molecule has 0 aliphatic carbocycles. The maximum absolute atomic E-state index is 5.83. The van der Waals surface area contributed by atoms with Gasteiger partial charge in [0, 0.05) is 8.95 Å². The van der Waals surface area contributed by atoms with E-state index >= 15 is 0 Å². The Hall–Kier alpha value is -3.08. The number of hydrogen-bond donors (Lipinski definition) is 0. The lowest BCUT2D eigenvalue weighted by Crippen LogP contribution is -2.14. The summed E-state index contributed by atoms with van der Waals surface area (Å²) in [5.74, 6) is 4.55. The highest BCUT2D eigenvalue weighted by molar-refractivity contribution is 9.10. The van der Waals surface area contributed by atoms with Gasteiger partial charge in [0.15, 0.2) is 0 Å². The highest BCUT2D eigenvalue weighted by atomic mass is 79.9. The summed E-state index contributed by atoms with van der Waals surface area (Å²) in [4.78, 5) is 0. The fraction of sp³-hybridized carbons (Fsp3) is 0.250. The average Bonchev–Trinajstić information content (AvgIpc) is 2.97. The molecule has 0 aliphatic heterocycles. The summed E-state index contributed by atoms with van der Waals surface area (Å²) < 4.78 is 41.7. The summed E-state index contributed by atoms with van der Waals surface area (Å²) in [5.41, 5.74) is 0. The molecule has 7 nitrogen and oxygen atoms in total. The second kappa shape index (κ2) is 17.7. The Morgan fingerprint density at radius 2 is 0.707 bits per heavy atom. The lowest BCUT2D eigenvalue weighted by atomic mass is 10.3. The third-order valence-electron chi connectivity index (χ3n) is 5.45. The van der Waals surface area contributed by atoms with Crippen LogP contribution in [0.15, 0.2) is 106 Å². The van der Waals surface area contributed by atoms with Crippen molar-refractivity contribution in [3.8, 4) is 34.5 Å². The van der Waals surface area contributed by atoms with Crippen LogP contribution in [0.25, 0.3) is 0 Å². The molecule has 0 aliphatic rings. The highest BCUT2D eigenvalue weighted by Gasteiger charge is 2.02. The summed E-state index contributed by atoms with van der Waals surface area (Å²) in [6.45, 7) is 3.84. The third-order valence-corrected chi connectivity index (χ3v) is 6.43. The normalized spacial score (nSPS) is 10.8. The topological polar surface area (TPSA) is 64.6 Å². The van der Waals surface area contributed by atoms with E-state index in [-0.39, 0.29) is 0 Å². The van der Waals surface area contributed by atoms with Crippen molar-refractivity contribution in [1.29, 1.82) is 0 Å². The molecule has 0 radical (unpaired) electrons. The van der Waals surface area contributed by atoms with E-state index < -0.39 is 0 Å². The first-order valence-electron chi connectivity index (χ1n) is 13.2. The van der Waals surface area contributed by atoms with Crippen LogP contribution in [0.5, 0.6) is 34.5 Å². The van der Waals surface area contributed by atoms with Crippen molar-refractivity contribution in [2.45, 2.75) is 0 Å². The molecule has 41 heavy (non-hydrogen) atoms. The predicted molar refractivity (Wildman–Crippen MR) is 165 cm³/mol. The van der Waals surface area contributed by atoms with Gasteiger partial charge in [0.2, 0.25) is 0 Å². The van der Waals surface area contributed by atoms with Crippen LogP contribution in [0, 0.1) is 0 Å². The summed E-state index contributed by atoms with van der Waals surface area (Å²) in [6, 6.07) is 30.4. The largest absolute Gasteiger partial charge is 0.491 e. The summed E-state index contributed by atoms with van der Waals surface area (Å²) in [5, 5.41) is 0. The van der Waals surface area contributed by atoms with Gasteiger partial charge in [-0.3, -0.25) is 0 Å². The van der Waals surface area contributed by atoms with Crippen LogP contribution in [0.4, 0.5) is 0 Å². The standard InChI is InChI=1S/C32H32Br2O7/c33-25-3-1-5-31(23-25)40-29-11-7-27(8-12-29)38-21-19-36-17-15-35-16-18-37-20-22-39-28-9-13-30(14-10-28)41-32-6-2-4-26(34)24-32/h1-14,23-24H,15-22H2. The molecule has 4 aromatic rings. The second-order valence-electron chi connectivity index (χ2n) is 8.60. The lowest BCUT2D eigenvalue weighted by molar-refractivity contribution is 0.00499. The molecule has 0 N–H and O–H groups in total. The molecule has 0 fully saturated rings. The zero-order valence-corrected chi connectivity index (χ0v) is 25.7. The van der Waals surface area contributed by atoms with Crippen molar-refractivity contribution in [3.05, 3.63) is 106 Å². The van der Waals surface area contributed by atoms with E-state index in [1.165, 1.54) is 0 Å². The van der Waals surface area contributed by atoms with E-state index in [2.05, 4.69) is 31.9 Å². The highest BCUT2D eigenvalue weighted by Crippen LogP contribution is 2.27. The summed E-state index contributed by atoms with van der Waals surface area (Å²) in [6.07, 6.45) is 0. The van der Waals surface area contributed by atoms with Gasteiger partial charge in [-0.2, -0.15) is 0 Å². The van der Waals surface area contributed by atoms with Crippen LogP contribution in [-0.4, -0.2) is 52.9 Å². The quantitative estimate of drug-likeness (QED) is 0.0976. The van der Waals surface area contributed by atoms with Crippen molar-refractivity contribution in [2.75, 3.05) is 52.9 Å². The van der Waals surface area contributed by atoms with Gasteiger partial charge < -0.3 is 33.2 Å². The van der Waals surface area contributed by atoms with Crippen LogP contribution in [0.3, 0.4) is 0 Å². The van der Waals surface area contributed by atoms with Crippen LogP contribution in [0.2, 0.25) is 0 Å². The Labute approximate surface area is 257 Å². The minimum absolute atomic E-state index is 0.454. The van der Waals surface area contributed by atoms with E-state index in [0.717, 1.165) is 43.4 Å². The SMILES string of the molecule is Brc1cccc(Oc2ccc(OCCOCCOCCOCCOc3ccc(Oc4cccc(Br)c4)cc3)cc2)c1. The van der Waals surface area contributed by atoms with Crippen molar-refractivity contribution < 1.29 is 33.2 Å². The minimum atomic E-state index is 0.454. The third kappa shape index (κ3) is 12.1. The van der Waals surface area contributed by atoms with Crippen molar-refractivity contribution in [3.63, 3.8) is 0 Å². The molecule has 0 unspecified atom stereocenters. The first-order chi connectivity index (χ1) is 20.1. The van der Waals surface area contributed by atoms with Crippen molar-refractivity contribution >= 4 is 31.9 Å². The van der Waals surface area contributed by atoms with Crippen molar-refractivity contribution in [1.82, 2.24) is 0 Å². The van der Waals surface area contributed by atoms with Crippen molar-refractivity contribution in [2.24, 2.45) is 0 Å². The number of ether oxygens (including phenoxy) is 7. The molecule has 0 aromatic heterocycles. The molecule has 0 amide bonds. The molecule has 0 atom stereocenters. The Morgan fingerprint density at radius 1 is 0.366 bits per heavy atom. The fourth-order valence-corrected chi connectivity index (χ4v) is 4.28. The maximum atomic E-state index is 5.83. The van der Waals surface area contributed by atoms with Crippen LogP contribution in [-0.2, 0) is 14.2 Å². The number of hydrogen-bond acceptors (Lipinski definition) is 7. The summed E-state index contributed by atoms with van der Waals surface area (Å²) >= 11 is 6.88. The Kier molecular flexibility index (Phi) is 13.3. The lowest BCUT2D eigenvalue weighted by Gasteiger charge is -2.10. The molecule has 0 bridgehead atoms. The van der Waals surface area contributed by atoms with E-state index in [1.807, 2.05) is 97.1 Å². The van der Waals surface area contributed by atoms with Gasteiger partial charge in [0.05, 0.1) is 39.6 Å². The zero-order chi connectivity index (χ0) is 28.5.